The molecule has 0 saturated carbocycles. The monoisotopic (exact) mass is 408 g/mol. The minimum atomic E-state index is -0.473. The summed E-state index contributed by atoms with van der Waals surface area (Å²) in [4.78, 5) is 23.9. The van der Waals surface area contributed by atoms with Gasteiger partial charge in [0.2, 0.25) is 5.91 Å². The van der Waals surface area contributed by atoms with E-state index < -0.39 is 5.91 Å². The third kappa shape index (κ3) is 6.13. The molecule has 0 unspecified atom stereocenters. The van der Waals surface area contributed by atoms with Crippen molar-refractivity contribution in [1.82, 2.24) is 10.9 Å². The summed E-state index contributed by atoms with van der Waals surface area (Å²) in [5.74, 6) is 1.68. The summed E-state index contributed by atoms with van der Waals surface area (Å²) < 4.78 is 16.7. The first-order chi connectivity index (χ1) is 14.7. The lowest BCUT2D eigenvalue weighted by Crippen LogP contribution is -2.43. The predicted octanol–water partition coefficient (Wildman–Crippen LogP) is 3.50. The second-order valence-corrected chi connectivity index (χ2v) is 6.40. The summed E-state index contributed by atoms with van der Waals surface area (Å²) in [7, 11) is 0. The number of aryl methyl sites for hydroxylation is 1. The topological polar surface area (TPSA) is 89.8 Å². The van der Waals surface area contributed by atoms with E-state index in [1.165, 1.54) is 0 Å². The van der Waals surface area contributed by atoms with E-state index in [0.717, 1.165) is 11.3 Å². The van der Waals surface area contributed by atoms with E-state index in [2.05, 4.69) is 10.9 Å². The molecule has 2 N–H and O–H groups in total. The molecule has 0 atom stereocenters. The van der Waals surface area contributed by atoms with E-state index >= 15 is 0 Å². The second kappa shape index (κ2) is 10.7. The summed E-state index contributed by atoms with van der Waals surface area (Å²) in [5.41, 5.74) is 5.69. The highest BCUT2D eigenvalue weighted by Gasteiger charge is 2.10. The Bertz CT molecular complexity index is 968. The van der Waals surface area contributed by atoms with Crippen LogP contribution in [0.3, 0.4) is 0 Å². The number of benzene rings is 2. The van der Waals surface area contributed by atoms with Crippen LogP contribution in [0, 0.1) is 0 Å². The zero-order chi connectivity index (χ0) is 21.2. The summed E-state index contributed by atoms with van der Waals surface area (Å²) in [5, 5.41) is 0. The first kappa shape index (κ1) is 21.0. The fraction of sp³-hybridized carbons (Fsp3) is 0.217. The quantitative estimate of drug-likeness (QED) is 0.529. The Morgan fingerprint density at radius 3 is 2.23 bits per heavy atom. The van der Waals surface area contributed by atoms with Crippen molar-refractivity contribution in [2.24, 2.45) is 0 Å². The van der Waals surface area contributed by atoms with Crippen LogP contribution in [0.25, 0.3) is 11.3 Å². The zero-order valence-electron chi connectivity index (χ0n) is 16.7. The van der Waals surface area contributed by atoms with E-state index in [4.69, 9.17) is 13.9 Å². The van der Waals surface area contributed by atoms with Crippen LogP contribution in [0.5, 0.6) is 11.5 Å². The van der Waals surface area contributed by atoms with Crippen molar-refractivity contribution in [1.29, 1.82) is 0 Å². The van der Waals surface area contributed by atoms with Gasteiger partial charge in [-0.1, -0.05) is 42.5 Å². The molecule has 0 fully saturated rings. The molecule has 3 rings (SSSR count). The van der Waals surface area contributed by atoms with Gasteiger partial charge < -0.3 is 13.9 Å². The highest BCUT2D eigenvalue weighted by Crippen LogP contribution is 2.26. The van der Waals surface area contributed by atoms with Crippen molar-refractivity contribution in [2.45, 2.75) is 19.8 Å². The molecule has 3 aromatic rings. The Kier molecular flexibility index (Phi) is 7.49. The predicted molar refractivity (Wildman–Crippen MR) is 112 cm³/mol. The molecular weight excluding hydrogens is 384 g/mol. The Balaban J connectivity index is 1.39. The third-order valence-corrected chi connectivity index (χ3v) is 4.17. The molecule has 30 heavy (non-hydrogen) atoms. The van der Waals surface area contributed by atoms with Gasteiger partial charge in [0.25, 0.3) is 5.91 Å². The Morgan fingerprint density at radius 2 is 1.50 bits per heavy atom. The van der Waals surface area contributed by atoms with Crippen molar-refractivity contribution >= 4 is 11.8 Å². The molecule has 2 amide bonds. The Labute approximate surface area is 175 Å². The van der Waals surface area contributed by atoms with Crippen LogP contribution in [0.4, 0.5) is 0 Å². The number of furan rings is 1. The molecule has 0 saturated heterocycles. The van der Waals surface area contributed by atoms with Crippen LogP contribution < -0.4 is 20.3 Å². The number of carbonyl (C=O) groups is 2. The molecule has 0 aliphatic rings. The van der Waals surface area contributed by atoms with Crippen LogP contribution in [0.15, 0.2) is 71.1 Å². The molecule has 1 heterocycles. The van der Waals surface area contributed by atoms with Gasteiger partial charge in [0.15, 0.2) is 18.1 Å². The van der Waals surface area contributed by atoms with Gasteiger partial charge in [-0.15, -0.1) is 0 Å². The van der Waals surface area contributed by atoms with Crippen molar-refractivity contribution in [3.8, 4) is 22.8 Å². The molecule has 0 radical (unpaired) electrons. The molecule has 0 aliphatic heterocycles. The normalized spacial score (nSPS) is 10.3. The lowest BCUT2D eigenvalue weighted by Gasteiger charge is -2.12. The van der Waals surface area contributed by atoms with Gasteiger partial charge >= 0.3 is 0 Å². The highest BCUT2D eigenvalue weighted by molar-refractivity contribution is 5.82. The highest BCUT2D eigenvalue weighted by atomic mass is 16.5. The molecule has 1 aromatic heterocycles. The maximum atomic E-state index is 12.0. The number of amides is 2. The molecule has 156 valence electrons. The molecule has 0 aliphatic carbocycles. The number of hydrazine groups is 1. The van der Waals surface area contributed by atoms with E-state index in [0.29, 0.717) is 30.3 Å². The minimum Gasteiger partial charge on any atom is -0.490 e. The number of ether oxygens (including phenoxy) is 2. The second-order valence-electron chi connectivity index (χ2n) is 6.40. The van der Waals surface area contributed by atoms with E-state index in [-0.39, 0.29) is 18.9 Å². The number of hydrogen-bond donors (Lipinski definition) is 2. The van der Waals surface area contributed by atoms with Crippen molar-refractivity contribution in [2.75, 3.05) is 13.2 Å². The molecule has 7 heteroatoms. The van der Waals surface area contributed by atoms with Gasteiger partial charge in [-0.2, -0.15) is 0 Å². The fourth-order valence-electron chi connectivity index (χ4n) is 2.73. The summed E-state index contributed by atoms with van der Waals surface area (Å²) >= 11 is 0. The van der Waals surface area contributed by atoms with Gasteiger partial charge in [-0.25, -0.2) is 0 Å². The van der Waals surface area contributed by atoms with Crippen molar-refractivity contribution in [3.63, 3.8) is 0 Å². The molecule has 0 spiro atoms. The number of nitrogens with one attached hydrogen (secondary N) is 2. The number of rotatable bonds is 9. The lowest BCUT2D eigenvalue weighted by molar-refractivity contribution is -0.130. The maximum absolute atomic E-state index is 12.0. The number of hydrogen-bond acceptors (Lipinski definition) is 5. The summed E-state index contributed by atoms with van der Waals surface area (Å²) in [6.45, 7) is 2.11. The van der Waals surface area contributed by atoms with E-state index in [1.54, 1.807) is 18.2 Å². The van der Waals surface area contributed by atoms with Gasteiger partial charge in [-0.05, 0) is 31.2 Å². The Hall–Kier alpha value is -3.74. The fourth-order valence-corrected chi connectivity index (χ4v) is 2.73. The van der Waals surface area contributed by atoms with Crippen LogP contribution in [-0.4, -0.2) is 25.0 Å². The zero-order valence-corrected chi connectivity index (χ0v) is 16.7. The minimum absolute atomic E-state index is 0.177. The Morgan fingerprint density at radius 1 is 0.833 bits per heavy atom. The van der Waals surface area contributed by atoms with Gasteiger partial charge in [0.05, 0.1) is 6.61 Å². The van der Waals surface area contributed by atoms with Crippen LogP contribution in [-0.2, 0) is 16.0 Å². The van der Waals surface area contributed by atoms with Crippen LogP contribution in [0.1, 0.15) is 19.1 Å². The standard InChI is InChI=1S/C23H24N2O5/c1-2-28-20-10-6-7-11-21(20)29-16-23(27)25-24-22(26)15-13-18-12-14-19(30-18)17-8-4-3-5-9-17/h3-12,14H,2,13,15-16H2,1H3,(H,24,26)(H,25,27). The third-order valence-electron chi connectivity index (χ3n) is 4.17. The van der Waals surface area contributed by atoms with E-state index in [1.807, 2.05) is 55.5 Å². The van der Waals surface area contributed by atoms with Crippen molar-refractivity contribution < 1.29 is 23.5 Å². The maximum Gasteiger partial charge on any atom is 0.276 e. The first-order valence-electron chi connectivity index (χ1n) is 9.72. The largest absolute Gasteiger partial charge is 0.490 e. The lowest BCUT2D eigenvalue weighted by atomic mass is 10.2. The molecular formula is C23H24N2O5. The van der Waals surface area contributed by atoms with Gasteiger partial charge in [0.1, 0.15) is 11.5 Å². The smallest absolute Gasteiger partial charge is 0.276 e. The molecule has 7 nitrogen and oxygen atoms in total. The SMILES string of the molecule is CCOc1ccccc1OCC(=O)NNC(=O)CCc1ccc(-c2ccccc2)o1. The molecule has 0 bridgehead atoms. The van der Waals surface area contributed by atoms with Crippen molar-refractivity contribution in [3.05, 3.63) is 72.5 Å². The van der Waals surface area contributed by atoms with Crippen LogP contribution in [0.2, 0.25) is 0 Å². The number of para-hydroxylation sites is 2. The first-order valence-corrected chi connectivity index (χ1v) is 9.72. The summed E-state index contributed by atoms with van der Waals surface area (Å²) in [6.07, 6.45) is 0.600. The van der Waals surface area contributed by atoms with Gasteiger partial charge in [-0.3, -0.25) is 20.4 Å². The molecule has 2 aromatic carbocycles. The number of carbonyl (C=O) groups excluding carboxylic acids is 2. The average molecular weight is 408 g/mol. The summed E-state index contributed by atoms with van der Waals surface area (Å²) in [6, 6.07) is 20.5. The average Bonchev–Trinajstić information content (AvgIpc) is 3.25. The van der Waals surface area contributed by atoms with Crippen LogP contribution >= 0.6 is 0 Å². The van der Waals surface area contributed by atoms with Gasteiger partial charge in [0, 0.05) is 18.4 Å². The van der Waals surface area contributed by atoms with E-state index in [9.17, 15) is 9.59 Å².